The van der Waals surface area contributed by atoms with E-state index in [4.69, 9.17) is 0 Å². The van der Waals surface area contributed by atoms with Crippen molar-refractivity contribution in [3.63, 3.8) is 0 Å². The van der Waals surface area contributed by atoms with E-state index < -0.39 is 17.6 Å². The zero-order valence-electron chi connectivity index (χ0n) is 17.6. The number of rotatable bonds is 5. The van der Waals surface area contributed by atoms with E-state index in [-0.39, 0.29) is 17.0 Å². The number of amides is 1. The summed E-state index contributed by atoms with van der Waals surface area (Å²) in [6.07, 6.45) is -4.50. The average Bonchev–Trinajstić information content (AvgIpc) is 3.19. The van der Waals surface area contributed by atoms with Crippen LogP contribution in [0.15, 0.2) is 63.9 Å². The van der Waals surface area contributed by atoms with Gasteiger partial charge in [0.15, 0.2) is 5.16 Å². The number of hydrogen-bond donors (Lipinski definition) is 1. The van der Waals surface area contributed by atoms with E-state index in [1.165, 1.54) is 28.0 Å². The van der Waals surface area contributed by atoms with Gasteiger partial charge in [-0.25, -0.2) is 4.98 Å². The van der Waals surface area contributed by atoms with Gasteiger partial charge in [-0.3, -0.25) is 14.2 Å². The van der Waals surface area contributed by atoms with Gasteiger partial charge in [0.1, 0.15) is 4.70 Å². The molecule has 4 rings (SSSR count). The van der Waals surface area contributed by atoms with Crippen LogP contribution in [0.25, 0.3) is 21.3 Å². The second-order valence-electron chi connectivity index (χ2n) is 7.37. The van der Waals surface area contributed by atoms with Crippen LogP contribution in [-0.2, 0) is 18.0 Å². The first-order valence-electron chi connectivity index (χ1n) is 9.78. The van der Waals surface area contributed by atoms with Crippen molar-refractivity contribution >= 4 is 44.9 Å². The van der Waals surface area contributed by atoms with E-state index in [9.17, 15) is 22.8 Å². The summed E-state index contributed by atoms with van der Waals surface area (Å²) in [6.45, 7) is 1.99. The Balaban J connectivity index is 1.56. The summed E-state index contributed by atoms with van der Waals surface area (Å²) in [5, 5.41) is 4.69. The lowest BCUT2D eigenvalue weighted by Crippen LogP contribution is -2.21. The van der Waals surface area contributed by atoms with Gasteiger partial charge in [0.05, 0.1) is 16.8 Å². The number of aryl methyl sites for hydroxylation is 1. The Kier molecular flexibility index (Phi) is 6.31. The van der Waals surface area contributed by atoms with Crippen LogP contribution in [-0.4, -0.2) is 21.2 Å². The van der Waals surface area contributed by atoms with Crippen LogP contribution in [0.1, 0.15) is 11.1 Å². The predicted molar refractivity (Wildman–Crippen MR) is 126 cm³/mol. The van der Waals surface area contributed by atoms with Crippen molar-refractivity contribution < 1.29 is 18.0 Å². The molecule has 2 aromatic carbocycles. The zero-order chi connectivity index (χ0) is 23.8. The molecule has 170 valence electrons. The van der Waals surface area contributed by atoms with E-state index in [0.717, 1.165) is 40.6 Å². The van der Waals surface area contributed by atoms with E-state index in [0.29, 0.717) is 15.4 Å². The van der Waals surface area contributed by atoms with Crippen LogP contribution in [0.3, 0.4) is 0 Å². The van der Waals surface area contributed by atoms with Crippen LogP contribution in [0.2, 0.25) is 0 Å². The molecule has 0 saturated heterocycles. The molecule has 0 fully saturated rings. The first-order valence-corrected chi connectivity index (χ1v) is 11.6. The van der Waals surface area contributed by atoms with Crippen molar-refractivity contribution in [2.24, 2.45) is 7.05 Å². The Labute approximate surface area is 195 Å². The fraction of sp³-hybridized carbons (Fsp3) is 0.174. The molecule has 0 unspecified atom stereocenters. The molecule has 0 aliphatic carbocycles. The molecule has 5 nitrogen and oxygen atoms in total. The Bertz CT molecular complexity index is 1390. The number of carbonyl (C=O) groups is 1. The SMILES string of the molecule is Cc1ccc(-c2csc3c(=O)n(C)c(SCC(=O)Nc4cccc(C(F)(F)F)c4)nc23)cc1. The largest absolute Gasteiger partial charge is 0.416 e. The number of thioether (sulfide) groups is 1. The number of carbonyl (C=O) groups excluding carboxylic acids is 1. The summed E-state index contributed by atoms with van der Waals surface area (Å²) in [6, 6.07) is 12.3. The highest BCUT2D eigenvalue weighted by Crippen LogP contribution is 2.33. The van der Waals surface area contributed by atoms with Crippen LogP contribution in [0, 0.1) is 6.92 Å². The summed E-state index contributed by atoms with van der Waals surface area (Å²) in [7, 11) is 1.58. The van der Waals surface area contributed by atoms with Crippen LogP contribution in [0.5, 0.6) is 0 Å². The molecule has 0 atom stereocenters. The molecule has 0 aliphatic heterocycles. The number of benzene rings is 2. The number of alkyl halides is 3. The molecule has 0 spiro atoms. The lowest BCUT2D eigenvalue weighted by molar-refractivity contribution is -0.137. The summed E-state index contributed by atoms with van der Waals surface area (Å²) in [4.78, 5) is 29.8. The number of halogens is 3. The zero-order valence-corrected chi connectivity index (χ0v) is 19.2. The lowest BCUT2D eigenvalue weighted by Gasteiger charge is -2.10. The number of fused-ring (bicyclic) bond motifs is 1. The number of nitrogens with zero attached hydrogens (tertiary/aromatic N) is 2. The van der Waals surface area contributed by atoms with Gasteiger partial charge in [-0.1, -0.05) is 47.7 Å². The van der Waals surface area contributed by atoms with Crippen LogP contribution in [0.4, 0.5) is 18.9 Å². The Morgan fingerprint density at radius 1 is 1.18 bits per heavy atom. The van der Waals surface area contributed by atoms with Gasteiger partial charge in [0.2, 0.25) is 5.91 Å². The average molecular weight is 490 g/mol. The second kappa shape index (κ2) is 9.03. The van der Waals surface area contributed by atoms with E-state index >= 15 is 0 Å². The van der Waals surface area contributed by atoms with Crippen molar-refractivity contribution in [3.05, 3.63) is 75.4 Å². The molecular weight excluding hydrogens is 471 g/mol. The number of nitrogens with one attached hydrogen (secondary N) is 1. The lowest BCUT2D eigenvalue weighted by atomic mass is 10.1. The molecule has 0 saturated carbocycles. The summed E-state index contributed by atoms with van der Waals surface area (Å²) >= 11 is 2.36. The van der Waals surface area contributed by atoms with Gasteiger partial charge in [0, 0.05) is 23.7 Å². The van der Waals surface area contributed by atoms with Crippen molar-refractivity contribution in [2.75, 3.05) is 11.1 Å². The van der Waals surface area contributed by atoms with Gasteiger partial charge in [-0.2, -0.15) is 13.2 Å². The number of thiophene rings is 1. The predicted octanol–water partition coefficient (Wildman–Crippen LogP) is 5.72. The van der Waals surface area contributed by atoms with Crippen molar-refractivity contribution in [3.8, 4) is 11.1 Å². The first-order chi connectivity index (χ1) is 15.6. The van der Waals surface area contributed by atoms with Gasteiger partial charge in [0.25, 0.3) is 5.56 Å². The Hall–Kier alpha value is -3.11. The highest BCUT2D eigenvalue weighted by atomic mass is 32.2. The minimum absolute atomic E-state index is 0.0483. The maximum Gasteiger partial charge on any atom is 0.416 e. The molecule has 4 aromatic rings. The van der Waals surface area contributed by atoms with Gasteiger partial charge in [-0.05, 0) is 30.7 Å². The summed E-state index contributed by atoms with van der Waals surface area (Å²) in [5.41, 5.74) is 2.44. The highest BCUT2D eigenvalue weighted by Gasteiger charge is 2.30. The van der Waals surface area contributed by atoms with Gasteiger partial charge < -0.3 is 5.32 Å². The van der Waals surface area contributed by atoms with Crippen molar-refractivity contribution in [2.45, 2.75) is 18.3 Å². The fourth-order valence-electron chi connectivity index (χ4n) is 3.19. The standard InChI is InChI=1S/C23H18F3N3O2S2/c1-13-6-8-14(9-7-13)17-11-32-20-19(17)28-22(29(2)21(20)31)33-12-18(30)27-16-5-3-4-15(10-16)23(24,25)26/h3-11H,12H2,1-2H3,(H,27,30). The quantitative estimate of drug-likeness (QED) is 0.288. The number of aromatic nitrogens is 2. The van der Waals surface area contributed by atoms with Gasteiger partial charge >= 0.3 is 6.18 Å². The molecule has 33 heavy (non-hydrogen) atoms. The van der Waals surface area contributed by atoms with E-state index in [2.05, 4.69) is 10.3 Å². The minimum atomic E-state index is -4.50. The molecule has 2 aromatic heterocycles. The Morgan fingerprint density at radius 2 is 1.91 bits per heavy atom. The normalized spacial score (nSPS) is 11.7. The monoisotopic (exact) mass is 489 g/mol. The van der Waals surface area contributed by atoms with E-state index in [1.807, 2.05) is 36.6 Å². The summed E-state index contributed by atoms with van der Waals surface area (Å²) < 4.78 is 40.5. The minimum Gasteiger partial charge on any atom is -0.325 e. The fourth-order valence-corrected chi connectivity index (χ4v) is 4.94. The number of anilines is 1. The number of hydrogen-bond acceptors (Lipinski definition) is 5. The molecule has 2 heterocycles. The molecule has 0 aliphatic rings. The molecule has 0 radical (unpaired) electrons. The molecule has 1 N–H and O–H groups in total. The third kappa shape index (κ3) is 4.96. The van der Waals surface area contributed by atoms with Gasteiger partial charge in [-0.15, -0.1) is 11.3 Å². The molecular formula is C23H18F3N3O2S2. The molecule has 1 amide bonds. The topological polar surface area (TPSA) is 64.0 Å². The van der Waals surface area contributed by atoms with Crippen LogP contribution < -0.4 is 10.9 Å². The third-order valence-corrected chi connectivity index (χ3v) is 6.91. The molecule has 0 bridgehead atoms. The van der Waals surface area contributed by atoms with Crippen LogP contribution >= 0.6 is 23.1 Å². The van der Waals surface area contributed by atoms with Crippen molar-refractivity contribution in [1.82, 2.24) is 9.55 Å². The summed E-state index contributed by atoms with van der Waals surface area (Å²) in [5.74, 6) is -0.621. The third-order valence-electron chi connectivity index (χ3n) is 4.93. The Morgan fingerprint density at radius 3 is 2.61 bits per heavy atom. The second-order valence-corrected chi connectivity index (χ2v) is 9.19. The maximum atomic E-state index is 12.9. The molecule has 10 heteroatoms. The van der Waals surface area contributed by atoms with Crippen molar-refractivity contribution in [1.29, 1.82) is 0 Å². The first kappa shape index (κ1) is 23.1. The maximum absolute atomic E-state index is 12.9. The van der Waals surface area contributed by atoms with E-state index in [1.54, 1.807) is 7.05 Å². The smallest absolute Gasteiger partial charge is 0.325 e. The highest BCUT2D eigenvalue weighted by molar-refractivity contribution is 7.99.